The number of carbonyl (C=O) groups excluding carboxylic acids is 1. The Morgan fingerprint density at radius 1 is 0.744 bits per heavy atom. The zero-order valence-electron chi connectivity index (χ0n) is 25.4. The molecule has 4 aromatic carbocycles. The van der Waals surface area contributed by atoms with E-state index in [1.165, 1.54) is 22.3 Å². The van der Waals surface area contributed by atoms with Gasteiger partial charge in [0.1, 0.15) is 5.75 Å². The maximum absolute atomic E-state index is 11.0. The second kappa shape index (κ2) is 17.5. The average Bonchev–Trinajstić information content (AvgIpc) is 3.07. The molecule has 0 saturated carbocycles. The van der Waals surface area contributed by atoms with Crippen LogP contribution in [0.3, 0.4) is 0 Å². The summed E-state index contributed by atoms with van der Waals surface area (Å²) >= 11 is 0. The lowest BCUT2D eigenvalue weighted by molar-refractivity contribution is -0.109. The monoisotopic (exact) mass is 576 g/mol. The fourth-order valence-electron chi connectivity index (χ4n) is 5.18. The number of nitrogens with zero attached hydrogens (tertiary/aromatic N) is 2. The van der Waals surface area contributed by atoms with E-state index in [2.05, 4.69) is 118 Å². The third-order valence-electron chi connectivity index (χ3n) is 7.74. The molecule has 43 heavy (non-hydrogen) atoms. The zero-order chi connectivity index (χ0) is 30.1. The summed E-state index contributed by atoms with van der Waals surface area (Å²) in [7, 11) is 1.70. The molecule has 2 N–H and O–H groups in total. The van der Waals surface area contributed by atoms with Crippen molar-refractivity contribution in [3.05, 3.63) is 138 Å². The van der Waals surface area contributed by atoms with Crippen molar-refractivity contribution in [1.82, 2.24) is 15.1 Å². The minimum Gasteiger partial charge on any atom is -0.497 e. The van der Waals surface area contributed by atoms with Crippen molar-refractivity contribution in [3.8, 4) is 5.75 Å². The summed E-state index contributed by atoms with van der Waals surface area (Å²) in [6.45, 7) is 7.90. The van der Waals surface area contributed by atoms with Crippen molar-refractivity contribution in [2.75, 3.05) is 58.2 Å². The van der Waals surface area contributed by atoms with Crippen molar-refractivity contribution >= 4 is 17.7 Å². The highest BCUT2D eigenvalue weighted by atomic mass is 16.5. The third kappa shape index (κ3) is 10.1. The predicted octanol–water partition coefficient (Wildman–Crippen LogP) is 6.35. The number of ether oxygens (including phenoxy) is 1. The highest BCUT2D eigenvalue weighted by Gasteiger charge is 2.18. The summed E-state index contributed by atoms with van der Waals surface area (Å²) in [6, 6.07) is 40.1. The Balaban J connectivity index is 1.54. The molecule has 224 valence electrons. The average molecular weight is 577 g/mol. The van der Waals surface area contributed by atoms with Crippen LogP contribution >= 0.6 is 0 Å². The van der Waals surface area contributed by atoms with E-state index in [1.807, 2.05) is 30.3 Å². The molecule has 6 heteroatoms. The third-order valence-corrected chi connectivity index (χ3v) is 7.74. The molecule has 0 spiro atoms. The van der Waals surface area contributed by atoms with Crippen LogP contribution < -0.4 is 15.4 Å². The Labute approximate surface area is 257 Å². The standard InChI is InChI=1S/C37H44N4O2/c1-31(32-18-20-36(43-2)21-19-32)41(25-22-37(33-12-6-3-7-13-33)34-14-8-4-9-15-34)29-28-40(26-23-38-30-42)27-24-39-35-16-10-5-11-17-35/h3-22,30-31,39H,23-29H2,1-2H3,(H,38,42). The van der Waals surface area contributed by atoms with Gasteiger partial charge in [-0.25, -0.2) is 0 Å². The van der Waals surface area contributed by atoms with E-state index in [0.717, 1.165) is 57.1 Å². The summed E-state index contributed by atoms with van der Waals surface area (Å²) in [4.78, 5) is 15.9. The van der Waals surface area contributed by atoms with Crippen LogP contribution in [0.4, 0.5) is 5.69 Å². The van der Waals surface area contributed by atoms with E-state index in [0.29, 0.717) is 6.54 Å². The second-order valence-electron chi connectivity index (χ2n) is 10.5. The molecule has 0 aliphatic heterocycles. The first-order valence-electron chi connectivity index (χ1n) is 15.0. The Hall–Kier alpha value is -4.39. The molecule has 4 rings (SSSR count). The van der Waals surface area contributed by atoms with Gasteiger partial charge in [0.2, 0.25) is 6.41 Å². The molecular formula is C37H44N4O2. The SMILES string of the molecule is COc1ccc(C(C)N(CC=C(c2ccccc2)c2ccccc2)CCN(CCNC=O)CCNc2ccccc2)cc1. The highest BCUT2D eigenvalue weighted by molar-refractivity contribution is 5.79. The fraction of sp³-hybridized carbons (Fsp3) is 0.270. The van der Waals surface area contributed by atoms with Crippen LogP contribution in [-0.4, -0.2) is 69.1 Å². The summed E-state index contributed by atoms with van der Waals surface area (Å²) in [5, 5.41) is 6.36. The van der Waals surface area contributed by atoms with Gasteiger partial charge >= 0.3 is 0 Å². The van der Waals surface area contributed by atoms with Crippen molar-refractivity contribution in [2.24, 2.45) is 0 Å². The number of rotatable bonds is 18. The number of anilines is 1. The first-order chi connectivity index (χ1) is 21.2. The molecule has 0 saturated heterocycles. The van der Waals surface area contributed by atoms with Gasteiger partial charge in [0.25, 0.3) is 0 Å². The summed E-state index contributed by atoms with van der Waals surface area (Å²) < 4.78 is 5.42. The van der Waals surface area contributed by atoms with E-state index in [-0.39, 0.29) is 6.04 Å². The van der Waals surface area contributed by atoms with Crippen LogP contribution in [0.15, 0.2) is 121 Å². The topological polar surface area (TPSA) is 56.8 Å². The van der Waals surface area contributed by atoms with Crippen LogP contribution in [0.5, 0.6) is 5.75 Å². The second-order valence-corrected chi connectivity index (χ2v) is 10.5. The van der Waals surface area contributed by atoms with E-state index < -0.39 is 0 Å². The maximum Gasteiger partial charge on any atom is 0.207 e. The molecule has 1 unspecified atom stereocenters. The molecule has 0 bridgehead atoms. The highest BCUT2D eigenvalue weighted by Crippen LogP contribution is 2.26. The number of amides is 1. The van der Waals surface area contributed by atoms with Gasteiger partial charge in [0.05, 0.1) is 7.11 Å². The van der Waals surface area contributed by atoms with Crippen molar-refractivity contribution in [1.29, 1.82) is 0 Å². The summed E-state index contributed by atoms with van der Waals surface area (Å²) in [5.41, 5.74) is 6.00. The van der Waals surface area contributed by atoms with Crippen LogP contribution in [0.25, 0.3) is 5.57 Å². The maximum atomic E-state index is 11.0. The Bertz CT molecular complexity index is 1320. The van der Waals surface area contributed by atoms with Crippen molar-refractivity contribution < 1.29 is 9.53 Å². The number of hydrogen-bond donors (Lipinski definition) is 2. The molecule has 1 amide bonds. The lowest BCUT2D eigenvalue weighted by Gasteiger charge is -2.32. The van der Waals surface area contributed by atoms with Gasteiger partial charge in [0.15, 0.2) is 0 Å². The van der Waals surface area contributed by atoms with Crippen LogP contribution in [0.2, 0.25) is 0 Å². The molecule has 0 aromatic heterocycles. The van der Waals surface area contributed by atoms with Crippen LogP contribution in [0, 0.1) is 0 Å². The molecule has 0 aliphatic rings. The normalized spacial score (nSPS) is 11.6. The molecule has 0 aliphatic carbocycles. The van der Waals surface area contributed by atoms with E-state index >= 15 is 0 Å². The van der Waals surface area contributed by atoms with Gasteiger partial charge in [-0.05, 0) is 53.5 Å². The summed E-state index contributed by atoms with van der Waals surface area (Å²) in [5.74, 6) is 0.859. The molecular weight excluding hydrogens is 532 g/mol. The number of hydrogen-bond acceptors (Lipinski definition) is 5. The molecule has 0 radical (unpaired) electrons. The number of methoxy groups -OCH3 is 1. The number of nitrogens with one attached hydrogen (secondary N) is 2. The lowest BCUT2D eigenvalue weighted by Crippen LogP contribution is -2.41. The molecule has 1 atom stereocenters. The summed E-state index contributed by atoms with van der Waals surface area (Å²) in [6.07, 6.45) is 3.14. The number of carbonyl (C=O) groups is 1. The van der Waals surface area contributed by atoms with Crippen LogP contribution in [0.1, 0.15) is 29.7 Å². The van der Waals surface area contributed by atoms with Gasteiger partial charge in [-0.3, -0.25) is 14.6 Å². The minimum atomic E-state index is 0.187. The Morgan fingerprint density at radius 2 is 1.33 bits per heavy atom. The quantitative estimate of drug-likeness (QED) is 0.107. The minimum absolute atomic E-state index is 0.187. The van der Waals surface area contributed by atoms with Gasteiger partial charge in [-0.1, -0.05) is 97.1 Å². The molecule has 4 aromatic rings. The number of benzene rings is 4. The molecule has 0 fully saturated rings. The first kappa shape index (κ1) is 31.5. The van der Waals surface area contributed by atoms with E-state index in [4.69, 9.17) is 4.74 Å². The van der Waals surface area contributed by atoms with Gasteiger partial charge < -0.3 is 15.4 Å². The van der Waals surface area contributed by atoms with Gasteiger partial charge in [-0.15, -0.1) is 0 Å². The fourth-order valence-corrected chi connectivity index (χ4v) is 5.18. The predicted molar refractivity (Wildman–Crippen MR) is 178 cm³/mol. The zero-order valence-corrected chi connectivity index (χ0v) is 25.4. The van der Waals surface area contributed by atoms with Crippen LogP contribution in [-0.2, 0) is 4.79 Å². The Morgan fingerprint density at radius 3 is 1.91 bits per heavy atom. The van der Waals surface area contributed by atoms with Gasteiger partial charge in [-0.2, -0.15) is 0 Å². The molecule has 0 heterocycles. The van der Waals surface area contributed by atoms with Gasteiger partial charge in [0, 0.05) is 57.5 Å². The first-order valence-corrected chi connectivity index (χ1v) is 15.0. The smallest absolute Gasteiger partial charge is 0.207 e. The van der Waals surface area contributed by atoms with Crippen molar-refractivity contribution in [2.45, 2.75) is 13.0 Å². The largest absolute Gasteiger partial charge is 0.497 e. The van der Waals surface area contributed by atoms with E-state index in [1.54, 1.807) is 7.11 Å². The number of para-hydroxylation sites is 1. The van der Waals surface area contributed by atoms with E-state index in [9.17, 15) is 4.79 Å². The molecule has 6 nitrogen and oxygen atoms in total. The lowest BCUT2D eigenvalue weighted by atomic mass is 9.97. The Kier molecular flexibility index (Phi) is 12.9. The van der Waals surface area contributed by atoms with Crippen molar-refractivity contribution in [3.63, 3.8) is 0 Å².